The molecule has 0 aliphatic carbocycles. The number of nitrogens with zero attached hydrogens (tertiary/aromatic N) is 2. The molecule has 0 aromatic carbocycles. The fraction of sp³-hybridized carbons (Fsp3) is 0.500. The Labute approximate surface area is 127 Å². The van der Waals surface area contributed by atoms with E-state index in [9.17, 15) is 9.59 Å². The molecule has 1 rings (SSSR count). The smallest absolute Gasteiger partial charge is 0.254 e. The van der Waals surface area contributed by atoms with E-state index < -0.39 is 0 Å². The van der Waals surface area contributed by atoms with Gasteiger partial charge in [-0.2, -0.15) is 0 Å². The zero-order valence-corrected chi connectivity index (χ0v) is 13.4. The molecule has 1 aromatic rings. The monoisotopic (exact) mass is 341 g/mol. The lowest BCUT2D eigenvalue weighted by molar-refractivity contribution is -0.121. The van der Waals surface area contributed by atoms with Gasteiger partial charge in [0.25, 0.3) is 5.91 Å². The van der Waals surface area contributed by atoms with Crippen LogP contribution in [0.4, 0.5) is 0 Å². The third-order valence-corrected chi connectivity index (χ3v) is 3.09. The first-order chi connectivity index (χ1) is 9.58. The van der Waals surface area contributed by atoms with Crippen LogP contribution < -0.4 is 5.32 Å². The van der Waals surface area contributed by atoms with Crippen molar-refractivity contribution in [1.29, 1.82) is 0 Å². The normalized spacial score (nSPS) is 10.2. The van der Waals surface area contributed by atoms with E-state index >= 15 is 0 Å². The minimum Gasteiger partial charge on any atom is -0.355 e. The molecule has 0 bridgehead atoms. The lowest BCUT2D eigenvalue weighted by Crippen LogP contribution is -2.41. The Balaban J connectivity index is 2.74. The molecule has 2 amide bonds. The van der Waals surface area contributed by atoms with E-state index in [2.05, 4.69) is 26.2 Å². The van der Waals surface area contributed by atoms with Crippen molar-refractivity contribution in [2.24, 2.45) is 0 Å². The zero-order chi connectivity index (χ0) is 15.0. The summed E-state index contributed by atoms with van der Waals surface area (Å²) < 4.78 is 0.607. The molecule has 1 N–H and O–H groups in total. The average Bonchev–Trinajstić information content (AvgIpc) is 2.44. The summed E-state index contributed by atoms with van der Waals surface area (Å²) in [5.41, 5.74) is 0.531. The molecule has 0 radical (unpaired) electrons. The van der Waals surface area contributed by atoms with Crippen LogP contribution in [0.15, 0.2) is 22.9 Å². The number of hydrogen-bond donors (Lipinski definition) is 1. The van der Waals surface area contributed by atoms with Crippen LogP contribution in [0.5, 0.6) is 0 Å². The predicted octanol–water partition coefficient (Wildman–Crippen LogP) is 2.22. The number of amides is 2. The van der Waals surface area contributed by atoms with Gasteiger partial charge in [0.2, 0.25) is 5.91 Å². The number of aromatic nitrogens is 1. The van der Waals surface area contributed by atoms with Gasteiger partial charge in [0.15, 0.2) is 0 Å². The summed E-state index contributed by atoms with van der Waals surface area (Å²) in [6, 6.07) is 3.31. The minimum absolute atomic E-state index is 0.0899. The van der Waals surface area contributed by atoms with Crippen LogP contribution in [-0.2, 0) is 4.79 Å². The van der Waals surface area contributed by atoms with Gasteiger partial charge in [-0.25, -0.2) is 4.98 Å². The van der Waals surface area contributed by atoms with Crippen LogP contribution in [-0.4, -0.2) is 41.3 Å². The van der Waals surface area contributed by atoms with Crippen LogP contribution in [0, 0.1) is 0 Å². The second kappa shape index (κ2) is 8.68. The maximum absolute atomic E-state index is 12.4. The quantitative estimate of drug-likeness (QED) is 0.773. The van der Waals surface area contributed by atoms with Crippen molar-refractivity contribution < 1.29 is 9.59 Å². The third-order valence-electron chi connectivity index (χ3n) is 2.66. The molecule has 0 fully saturated rings. The number of nitrogens with one attached hydrogen (secondary N) is 1. The Morgan fingerprint density at radius 1 is 1.35 bits per heavy atom. The first-order valence-corrected chi connectivity index (χ1v) is 7.55. The Morgan fingerprint density at radius 2 is 2.10 bits per heavy atom. The summed E-state index contributed by atoms with van der Waals surface area (Å²) in [6.07, 6.45) is 3.25. The maximum Gasteiger partial charge on any atom is 0.254 e. The van der Waals surface area contributed by atoms with Gasteiger partial charge in [0, 0.05) is 24.8 Å². The van der Waals surface area contributed by atoms with Crippen molar-refractivity contribution in [1.82, 2.24) is 15.2 Å². The molecule has 1 heterocycles. The van der Waals surface area contributed by atoms with Crippen molar-refractivity contribution in [3.05, 3.63) is 28.5 Å². The largest absolute Gasteiger partial charge is 0.355 e. The fourth-order valence-corrected chi connectivity index (χ4v) is 2.10. The van der Waals surface area contributed by atoms with Gasteiger partial charge in [0.1, 0.15) is 4.60 Å². The standard InChI is InChI=1S/C14H20BrN3O2/c1-3-6-17-13(19)10-18(8-4-2)14(20)11-5-7-16-12(15)9-11/h5,7,9H,3-4,6,8,10H2,1-2H3,(H,17,19). The summed E-state index contributed by atoms with van der Waals surface area (Å²) in [7, 11) is 0. The van der Waals surface area contributed by atoms with Crippen LogP contribution in [0.2, 0.25) is 0 Å². The van der Waals surface area contributed by atoms with Gasteiger partial charge in [0.05, 0.1) is 6.54 Å². The average molecular weight is 342 g/mol. The first-order valence-electron chi connectivity index (χ1n) is 6.76. The Morgan fingerprint density at radius 3 is 2.70 bits per heavy atom. The summed E-state index contributed by atoms with van der Waals surface area (Å²) in [6.45, 7) is 5.25. The van der Waals surface area contributed by atoms with Gasteiger partial charge in [-0.3, -0.25) is 9.59 Å². The van der Waals surface area contributed by atoms with Gasteiger partial charge in [-0.05, 0) is 40.9 Å². The molecule has 1 aromatic heterocycles. The number of hydrogen-bond acceptors (Lipinski definition) is 3. The lowest BCUT2D eigenvalue weighted by Gasteiger charge is -2.21. The van der Waals surface area contributed by atoms with E-state index in [1.165, 1.54) is 0 Å². The first kappa shape index (κ1) is 16.6. The van der Waals surface area contributed by atoms with E-state index in [0.29, 0.717) is 23.3 Å². The van der Waals surface area contributed by atoms with Crippen LogP contribution in [0.1, 0.15) is 37.0 Å². The number of carbonyl (C=O) groups is 2. The van der Waals surface area contributed by atoms with E-state index in [1.807, 2.05) is 13.8 Å². The molecule has 0 unspecified atom stereocenters. The predicted molar refractivity (Wildman–Crippen MR) is 81.4 cm³/mol. The summed E-state index contributed by atoms with van der Waals surface area (Å²) >= 11 is 3.24. The molecule has 0 spiro atoms. The minimum atomic E-state index is -0.151. The van der Waals surface area contributed by atoms with Gasteiger partial charge in [-0.15, -0.1) is 0 Å². The molecular formula is C14H20BrN3O2. The van der Waals surface area contributed by atoms with E-state index in [1.54, 1.807) is 23.2 Å². The zero-order valence-electron chi connectivity index (χ0n) is 11.9. The number of pyridine rings is 1. The second-order valence-corrected chi connectivity index (χ2v) is 5.26. The number of rotatable bonds is 7. The summed E-state index contributed by atoms with van der Waals surface area (Å²) in [4.78, 5) is 29.7. The Kier molecular flexibility index (Phi) is 7.22. The van der Waals surface area contributed by atoms with Gasteiger partial charge >= 0.3 is 0 Å². The highest BCUT2D eigenvalue weighted by Gasteiger charge is 2.18. The molecule has 110 valence electrons. The SMILES string of the molecule is CCCNC(=O)CN(CCC)C(=O)c1ccnc(Br)c1. The molecule has 0 saturated heterocycles. The van der Waals surface area contributed by atoms with Crippen LogP contribution in [0.3, 0.4) is 0 Å². The van der Waals surface area contributed by atoms with Crippen LogP contribution >= 0.6 is 15.9 Å². The molecule has 0 atom stereocenters. The summed E-state index contributed by atoms with van der Waals surface area (Å²) in [5, 5.41) is 2.78. The molecule has 5 nitrogen and oxygen atoms in total. The van der Waals surface area contributed by atoms with Gasteiger partial charge < -0.3 is 10.2 Å². The topological polar surface area (TPSA) is 62.3 Å². The van der Waals surface area contributed by atoms with E-state index in [4.69, 9.17) is 0 Å². The van der Waals surface area contributed by atoms with E-state index in [0.717, 1.165) is 12.8 Å². The number of carbonyl (C=O) groups excluding carboxylic acids is 2. The highest BCUT2D eigenvalue weighted by molar-refractivity contribution is 9.10. The van der Waals surface area contributed by atoms with Crippen molar-refractivity contribution in [2.75, 3.05) is 19.6 Å². The molecular weight excluding hydrogens is 322 g/mol. The third kappa shape index (κ3) is 5.28. The Bertz CT molecular complexity index is 465. The van der Waals surface area contributed by atoms with Crippen molar-refractivity contribution >= 4 is 27.7 Å². The van der Waals surface area contributed by atoms with Crippen molar-refractivity contribution in [2.45, 2.75) is 26.7 Å². The molecule has 0 aliphatic rings. The molecule has 0 saturated carbocycles. The molecule has 20 heavy (non-hydrogen) atoms. The molecule has 6 heteroatoms. The second-order valence-electron chi connectivity index (χ2n) is 4.44. The van der Waals surface area contributed by atoms with Gasteiger partial charge in [-0.1, -0.05) is 13.8 Å². The van der Waals surface area contributed by atoms with Crippen molar-refractivity contribution in [3.8, 4) is 0 Å². The maximum atomic E-state index is 12.4. The fourth-order valence-electron chi connectivity index (χ4n) is 1.73. The summed E-state index contributed by atoms with van der Waals surface area (Å²) in [5.74, 6) is -0.275. The Hall–Kier alpha value is -1.43. The van der Waals surface area contributed by atoms with Crippen LogP contribution in [0.25, 0.3) is 0 Å². The number of halogens is 1. The highest BCUT2D eigenvalue weighted by atomic mass is 79.9. The van der Waals surface area contributed by atoms with Crippen molar-refractivity contribution in [3.63, 3.8) is 0 Å². The van der Waals surface area contributed by atoms with E-state index in [-0.39, 0.29) is 18.4 Å². The molecule has 0 aliphatic heterocycles. The highest BCUT2D eigenvalue weighted by Crippen LogP contribution is 2.11. The lowest BCUT2D eigenvalue weighted by atomic mass is 10.2.